The van der Waals surface area contributed by atoms with E-state index in [1.165, 1.54) is 20.4 Å². The van der Waals surface area contributed by atoms with Gasteiger partial charge in [-0.05, 0) is 0 Å². The number of ketones is 1. The van der Waals surface area contributed by atoms with Crippen molar-refractivity contribution < 1.29 is 23.8 Å². The largest absolute Gasteiger partial charge is 0.387 e. The van der Waals surface area contributed by atoms with E-state index in [2.05, 4.69) is 10.1 Å². The fourth-order valence-corrected chi connectivity index (χ4v) is 1.78. The van der Waals surface area contributed by atoms with Gasteiger partial charge in [-0.3, -0.25) is 4.79 Å². The molecule has 8 heteroatoms. The number of Topliss-reactive ketones (excluding diaryl/α,β-unsaturated/α-hetero) is 1. The van der Waals surface area contributed by atoms with Crippen LogP contribution in [0.2, 0.25) is 0 Å². The molecule has 7 nitrogen and oxygen atoms in total. The smallest absolute Gasteiger partial charge is 0.217 e. The Morgan fingerprint density at radius 1 is 1.72 bits per heavy atom. The molecule has 0 amide bonds. The first-order chi connectivity index (χ1) is 8.54. The number of ether oxygens (including phenoxy) is 2. The van der Waals surface area contributed by atoms with Crippen molar-refractivity contribution in [2.24, 2.45) is 0 Å². The second-order valence-corrected chi connectivity index (χ2v) is 4.06. The van der Waals surface area contributed by atoms with Crippen LogP contribution in [0.1, 0.15) is 23.8 Å². The fraction of sp³-hybridized carbons (Fsp3) is 0.700. The van der Waals surface area contributed by atoms with Crippen LogP contribution in [0.4, 0.5) is 4.39 Å². The van der Waals surface area contributed by atoms with Crippen molar-refractivity contribution in [2.75, 3.05) is 13.7 Å². The van der Waals surface area contributed by atoms with E-state index in [0.717, 1.165) is 4.68 Å². The van der Waals surface area contributed by atoms with Crippen molar-refractivity contribution in [3.05, 3.63) is 12.2 Å². The molecule has 1 aromatic rings. The van der Waals surface area contributed by atoms with E-state index in [4.69, 9.17) is 9.47 Å². The van der Waals surface area contributed by atoms with Gasteiger partial charge in [-0.15, -0.1) is 5.10 Å². The zero-order valence-corrected chi connectivity index (χ0v) is 9.99. The SMILES string of the molecule is COC[C@H]1O[C@@H](n2cnc(C(C)=O)n2)[C@H](F)[C@@H]1O. The lowest BCUT2D eigenvalue weighted by Crippen LogP contribution is -2.31. The van der Waals surface area contributed by atoms with Gasteiger partial charge < -0.3 is 14.6 Å². The molecule has 18 heavy (non-hydrogen) atoms. The van der Waals surface area contributed by atoms with E-state index in [0.29, 0.717) is 0 Å². The van der Waals surface area contributed by atoms with Crippen LogP contribution < -0.4 is 0 Å². The van der Waals surface area contributed by atoms with Gasteiger partial charge >= 0.3 is 0 Å². The number of nitrogens with zero attached hydrogens (tertiary/aromatic N) is 3. The van der Waals surface area contributed by atoms with E-state index in [9.17, 15) is 14.3 Å². The molecule has 0 unspecified atom stereocenters. The number of hydrogen-bond donors (Lipinski definition) is 1. The van der Waals surface area contributed by atoms with E-state index >= 15 is 0 Å². The Labute approximate surface area is 103 Å². The average Bonchev–Trinajstić information content (AvgIpc) is 2.90. The summed E-state index contributed by atoms with van der Waals surface area (Å²) in [6, 6.07) is 0. The van der Waals surface area contributed by atoms with Crippen LogP contribution in [0.3, 0.4) is 0 Å². The van der Waals surface area contributed by atoms with Gasteiger partial charge in [0.2, 0.25) is 5.82 Å². The summed E-state index contributed by atoms with van der Waals surface area (Å²) in [6.07, 6.45) is -3.59. The molecule has 1 N–H and O–H groups in total. The molecule has 0 aromatic carbocycles. The molecule has 1 aromatic heterocycles. The minimum atomic E-state index is -1.65. The molecule has 1 aliphatic rings. The van der Waals surface area contributed by atoms with E-state index < -0.39 is 24.6 Å². The number of carbonyl (C=O) groups is 1. The first-order valence-electron chi connectivity index (χ1n) is 5.43. The zero-order chi connectivity index (χ0) is 13.3. The first kappa shape index (κ1) is 13.1. The topological polar surface area (TPSA) is 86.5 Å². The Morgan fingerprint density at radius 3 is 3.00 bits per heavy atom. The molecule has 2 heterocycles. The highest BCUT2D eigenvalue weighted by Gasteiger charge is 2.45. The zero-order valence-electron chi connectivity index (χ0n) is 9.99. The summed E-state index contributed by atoms with van der Waals surface area (Å²) in [6.45, 7) is 1.39. The molecule has 1 saturated heterocycles. The first-order valence-corrected chi connectivity index (χ1v) is 5.43. The molecule has 0 aliphatic carbocycles. The van der Waals surface area contributed by atoms with Gasteiger partial charge in [-0.25, -0.2) is 14.1 Å². The van der Waals surface area contributed by atoms with Crippen molar-refractivity contribution in [1.29, 1.82) is 0 Å². The number of carbonyl (C=O) groups excluding carboxylic acids is 1. The Morgan fingerprint density at radius 2 is 2.44 bits per heavy atom. The van der Waals surface area contributed by atoms with Gasteiger partial charge in [-0.2, -0.15) is 0 Å². The fourth-order valence-electron chi connectivity index (χ4n) is 1.78. The molecule has 0 spiro atoms. The van der Waals surface area contributed by atoms with Crippen LogP contribution in [0.5, 0.6) is 0 Å². The molecule has 4 atom stereocenters. The summed E-state index contributed by atoms with van der Waals surface area (Å²) in [7, 11) is 1.43. The summed E-state index contributed by atoms with van der Waals surface area (Å²) in [5.41, 5.74) is 0. The molecule has 0 bridgehead atoms. The van der Waals surface area contributed by atoms with Crippen molar-refractivity contribution in [3.63, 3.8) is 0 Å². The Kier molecular flexibility index (Phi) is 3.69. The van der Waals surface area contributed by atoms with Gasteiger partial charge in [0, 0.05) is 14.0 Å². The lowest BCUT2D eigenvalue weighted by molar-refractivity contribution is -0.0600. The number of halogens is 1. The van der Waals surface area contributed by atoms with Crippen molar-refractivity contribution in [3.8, 4) is 0 Å². The summed E-state index contributed by atoms with van der Waals surface area (Å²) in [4.78, 5) is 14.8. The molecule has 1 aliphatic heterocycles. The minimum absolute atomic E-state index is 0.0181. The summed E-state index contributed by atoms with van der Waals surface area (Å²) >= 11 is 0. The third-order valence-electron chi connectivity index (χ3n) is 2.71. The molecule has 0 saturated carbocycles. The predicted octanol–water partition coefficient (Wildman–Crippen LogP) is -0.277. The number of rotatable bonds is 4. The lowest BCUT2D eigenvalue weighted by atomic mass is 10.1. The Hall–Kier alpha value is -1.38. The number of aromatic nitrogens is 3. The third-order valence-corrected chi connectivity index (χ3v) is 2.71. The van der Waals surface area contributed by atoms with Crippen LogP contribution >= 0.6 is 0 Å². The number of alkyl halides is 1. The Bertz CT molecular complexity index is 439. The highest BCUT2D eigenvalue weighted by atomic mass is 19.1. The third kappa shape index (κ3) is 2.26. The van der Waals surface area contributed by atoms with Crippen molar-refractivity contribution in [2.45, 2.75) is 31.5 Å². The molecule has 0 radical (unpaired) electrons. The van der Waals surface area contributed by atoms with Crippen molar-refractivity contribution >= 4 is 5.78 Å². The second-order valence-electron chi connectivity index (χ2n) is 4.06. The summed E-state index contributed by atoms with van der Waals surface area (Å²) in [5, 5.41) is 13.4. The Balaban J connectivity index is 2.15. The molecule has 1 fully saturated rings. The number of hydrogen-bond acceptors (Lipinski definition) is 6. The average molecular weight is 259 g/mol. The summed E-state index contributed by atoms with van der Waals surface area (Å²) in [5.74, 6) is -0.341. The van der Waals surface area contributed by atoms with Crippen molar-refractivity contribution in [1.82, 2.24) is 14.8 Å². The van der Waals surface area contributed by atoms with Crippen LogP contribution in [-0.4, -0.2) is 57.8 Å². The standard InChI is InChI=1S/C10H14FN3O4/c1-5(15)9-12-4-14(13-9)10-7(11)8(16)6(18-10)3-17-2/h4,6-8,10,16H,3H2,1-2H3/t6-,7-,8-,10-/m1/s1. The van der Waals surface area contributed by atoms with E-state index in [-0.39, 0.29) is 18.2 Å². The van der Waals surface area contributed by atoms with Crippen LogP contribution in [-0.2, 0) is 9.47 Å². The minimum Gasteiger partial charge on any atom is -0.387 e. The molecule has 2 rings (SSSR count). The van der Waals surface area contributed by atoms with E-state index in [1.807, 2.05) is 0 Å². The quantitative estimate of drug-likeness (QED) is 0.749. The van der Waals surface area contributed by atoms with Gasteiger partial charge in [0.25, 0.3) is 0 Å². The maximum atomic E-state index is 13.8. The lowest BCUT2D eigenvalue weighted by Gasteiger charge is -2.12. The van der Waals surface area contributed by atoms with Gasteiger partial charge in [0.05, 0.1) is 6.61 Å². The van der Waals surface area contributed by atoms with Crippen LogP contribution in [0.15, 0.2) is 6.33 Å². The van der Waals surface area contributed by atoms with Gasteiger partial charge in [0.15, 0.2) is 18.2 Å². The molecule has 100 valence electrons. The molecular weight excluding hydrogens is 245 g/mol. The number of aliphatic hydroxyl groups excluding tert-OH is 1. The number of aliphatic hydroxyl groups is 1. The highest BCUT2D eigenvalue weighted by molar-refractivity contribution is 5.89. The maximum Gasteiger partial charge on any atom is 0.217 e. The normalized spacial score (nSPS) is 31.8. The van der Waals surface area contributed by atoms with Crippen LogP contribution in [0, 0.1) is 0 Å². The van der Waals surface area contributed by atoms with Crippen LogP contribution in [0.25, 0.3) is 0 Å². The van der Waals surface area contributed by atoms with Gasteiger partial charge in [-0.1, -0.05) is 0 Å². The van der Waals surface area contributed by atoms with E-state index in [1.54, 1.807) is 0 Å². The molecular formula is C10H14FN3O4. The van der Waals surface area contributed by atoms with Gasteiger partial charge in [0.1, 0.15) is 18.5 Å². The maximum absolute atomic E-state index is 13.8. The summed E-state index contributed by atoms with van der Waals surface area (Å²) < 4.78 is 25.1. The number of methoxy groups -OCH3 is 1. The highest BCUT2D eigenvalue weighted by Crippen LogP contribution is 2.31. The monoisotopic (exact) mass is 259 g/mol. The predicted molar refractivity (Wildman–Crippen MR) is 56.7 cm³/mol. The second kappa shape index (κ2) is 5.09.